The first kappa shape index (κ1) is 41.4. The van der Waals surface area contributed by atoms with Gasteiger partial charge in [-0.2, -0.15) is 0 Å². The number of fused-ring (bicyclic) bond motifs is 14. The molecular weight excluding hydrogens is 953 g/mol. The van der Waals surface area contributed by atoms with Crippen molar-refractivity contribution in [3.05, 3.63) is 255 Å². The summed E-state index contributed by atoms with van der Waals surface area (Å²) in [5.41, 5.74) is 19.0. The van der Waals surface area contributed by atoms with Gasteiger partial charge in [0.25, 0.3) is 0 Å². The normalized spacial score (nSPS) is 12.4. The Kier molecular flexibility index (Phi) is 8.24. The van der Waals surface area contributed by atoms with Gasteiger partial charge in [-0.25, -0.2) is 0 Å². The number of thiophene rings is 1. The fraction of sp³-hybridized carbons (Fsp3) is 0. The van der Waals surface area contributed by atoms with Crippen molar-refractivity contribution in [1.82, 2.24) is 13.7 Å². The van der Waals surface area contributed by atoms with E-state index in [9.17, 15) is 0 Å². The van der Waals surface area contributed by atoms with Gasteiger partial charge in [0.1, 0.15) is 0 Å². The largest absolute Gasteiger partial charge is 0.310 e. The Labute approximate surface area is 445 Å². The summed E-state index contributed by atoms with van der Waals surface area (Å²) in [5.74, 6) is 0. The van der Waals surface area contributed by atoms with Crippen molar-refractivity contribution in [1.29, 1.82) is 0 Å². The predicted octanol–water partition coefficient (Wildman–Crippen LogP) is 20.2. The van der Waals surface area contributed by atoms with E-state index in [-0.39, 0.29) is 0 Å². The van der Waals surface area contributed by atoms with Gasteiger partial charge in [-0.05, 0) is 147 Å². The summed E-state index contributed by atoms with van der Waals surface area (Å²) in [6.07, 6.45) is 0. The molecule has 0 spiro atoms. The lowest BCUT2D eigenvalue weighted by Crippen LogP contribution is -2.10. The van der Waals surface area contributed by atoms with Crippen LogP contribution in [-0.2, 0) is 0 Å². The van der Waals surface area contributed by atoms with Crippen molar-refractivity contribution in [2.24, 2.45) is 0 Å². The third-order valence-electron chi connectivity index (χ3n) is 16.8. The molecule has 0 fully saturated rings. The molecular formula is C72H42N4S. The van der Waals surface area contributed by atoms with Crippen LogP contribution in [-0.4, -0.2) is 13.7 Å². The molecule has 4 aromatic heterocycles. The predicted molar refractivity (Wildman–Crippen MR) is 328 cm³/mol. The highest BCUT2D eigenvalue weighted by atomic mass is 32.1. The van der Waals surface area contributed by atoms with Crippen molar-refractivity contribution in [3.8, 4) is 39.3 Å². The van der Waals surface area contributed by atoms with E-state index in [2.05, 4.69) is 273 Å². The minimum Gasteiger partial charge on any atom is -0.310 e. The van der Waals surface area contributed by atoms with Crippen molar-refractivity contribution < 1.29 is 0 Å². The van der Waals surface area contributed by atoms with Crippen LogP contribution in [0.15, 0.2) is 255 Å². The van der Waals surface area contributed by atoms with E-state index in [0.717, 1.165) is 39.6 Å². The summed E-state index contributed by atoms with van der Waals surface area (Å²) in [4.78, 5) is 2.44. The van der Waals surface area contributed by atoms with Crippen molar-refractivity contribution in [2.75, 3.05) is 4.90 Å². The molecule has 0 atom stereocenters. The van der Waals surface area contributed by atoms with Crippen LogP contribution >= 0.6 is 11.3 Å². The molecule has 0 bridgehead atoms. The zero-order chi connectivity index (χ0) is 50.0. The van der Waals surface area contributed by atoms with Crippen LogP contribution in [0.25, 0.3) is 146 Å². The van der Waals surface area contributed by atoms with Gasteiger partial charge in [-0.1, -0.05) is 152 Å². The van der Waals surface area contributed by atoms with Crippen LogP contribution in [0.3, 0.4) is 0 Å². The highest BCUT2D eigenvalue weighted by molar-refractivity contribution is 7.25. The van der Waals surface area contributed by atoms with Crippen LogP contribution < -0.4 is 4.90 Å². The van der Waals surface area contributed by atoms with E-state index >= 15 is 0 Å². The van der Waals surface area contributed by atoms with E-state index in [1.54, 1.807) is 0 Å². The third-order valence-corrected chi connectivity index (χ3v) is 17.9. The lowest BCUT2D eigenvalue weighted by Gasteiger charge is -2.26. The number of aromatic nitrogens is 3. The first-order valence-corrected chi connectivity index (χ1v) is 27.3. The second-order valence-corrected chi connectivity index (χ2v) is 21.9. The van der Waals surface area contributed by atoms with Crippen molar-refractivity contribution in [2.45, 2.75) is 0 Å². The maximum Gasteiger partial charge on any atom is 0.0795 e. The first-order valence-electron chi connectivity index (χ1n) is 26.5. The number of benzene rings is 13. The maximum absolute atomic E-state index is 2.65. The molecule has 0 aliphatic heterocycles. The molecule has 356 valence electrons. The van der Waals surface area contributed by atoms with Gasteiger partial charge in [0, 0.05) is 86.6 Å². The number of anilines is 3. The number of hydrogen-bond donors (Lipinski definition) is 0. The number of hydrogen-bond acceptors (Lipinski definition) is 2. The van der Waals surface area contributed by atoms with Crippen LogP contribution in [0.5, 0.6) is 0 Å². The van der Waals surface area contributed by atoms with Crippen LogP contribution in [0, 0.1) is 0 Å². The molecule has 17 aromatic rings. The minimum atomic E-state index is 1.10. The van der Waals surface area contributed by atoms with Gasteiger partial charge < -0.3 is 18.6 Å². The molecule has 0 unspecified atom stereocenters. The molecule has 18 rings (SSSR count). The summed E-state index contributed by atoms with van der Waals surface area (Å²) in [5, 5.41) is 15.1. The van der Waals surface area contributed by atoms with E-state index in [1.807, 2.05) is 11.3 Å². The van der Waals surface area contributed by atoms with Crippen molar-refractivity contribution in [3.63, 3.8) is 0 Å². The zero-order valence-electron chi connectivity index (χ0n) is 41.4. The SMILES string of the molecule is c1ccc(N(c2ccc3c(c2)-c2cccc4cccc-3c24)c2ccc3c(c2)c2cc4ccc5cc6c7ccccc7n(-c7ccccc7)c6c6c5c4c(c2n3-c2ccccc2)n6-c2ccc3c(c2)sc2ccccc23)cc1. The van der Waals surface area contributed by atoms with Gasteiger partial charge >= 0.3 is 0 Å². The summed E-state index contributed by atoms with van der Waals surface area (Å²) in [7, 11) is 0. The average Bonchev–Trinajstić information content (AvgIpc) is 4.27. The Bertz CT molecular complexity index is 5320. The van der Waals surface area contributed by atoms with Crippen LogP contribution in [0.4, 0.5) is 17.1 Å². The Morgan fingerprint density at radius 3 is 1.55 bits per heavy atom. The standard InChI is InChI=1S/C72H42N4S/c1-4-18-46(19-5-1)73(49-32-35-52-56-26-14-16-43-17-15-27-57(66(43)56)58(52)40-49)50-34-37-63-59(41-50)61-39-45-31-30-44-38-60-53-24-10-12-28-62(53)74(47-20-6-2-7-21-47)69(60)71-67(44)68(45)72(70(61)75(63)48-22-8-3-9-23-48)76(71)51-33-36-55-54-25-11-13-29-64(54)77-65(55)42-51/h1-42H. The van der Waals surface area contributed by atoms with E-state index in [4.69, 9.17) is 0 Å². The van der Waals surface area contributed by atoms with Crippen molar-refractivity contribution >= 4 is 136 Å². The maximum atomic E-state index is 2.65. The van der Waals surface area contributed by atoms with Gasteiger partial charge in [0.15, 0.2) is 0 Å². The van der Waals surface area contributed by atoms with Crippen LogP contribution in [0.2, 0.25) is 0 Å². The minimum absolute atomic E-state index is 1.10. The number of nitrogens with zero attached hydrogens (tertiary/aromatic N) is 4. The molecule has 1 aliphatic rings. The molecule has 0 N–H and O–H groups in total. The Balaban J connectivity index is 0.991. The molecule has 0 amide bonds. The van der Waals surface area contributed by atoms with E-state index in [1.165, 1.54) is 124 Å². The zero-order valence-corrected chi connectivity index (χ0v) is 42.3. The summed E-state index contributed by atoms with van der Waals surface area (Å²) < 4.78 is 10.3. The van der Waals surface area contributed by atoms with Gasteiger partial charge in [0.2, 0.25) is 0 Å². The Morgan fingerprint density at radius 1 is 0.260 bits per heavy atom. The highest BCUT2D eigenvalue weighted by Gasteiger charge is 2.30. The lowest BCUT2D eigenvalue weighted by atomic mass is 9.98. The first-order chi connectivity index (χ1) is 38.2. The summed E-state index contributed by atoms with van der Waals surface area (Å²) >= 11 is 1.88. The molecule has 5 heteroatoms. The van der Waals surface area contributed by atoms with E-state index in [0.29, 0.717) is 0 Å². The number of para-hydroxylation sites is 4. The second-order valence-electron chi connectivity index (χ2n) is 20.8. The Morgan fingerprint density at radius 2 is 0.831 bits per heavy atom. The molecule has 4 heterocycles. The van der Waals surface area contributed by atoms with E-state index < -0.39 is 0 Å². The van der Waals surface area contributed by atoms with Gasteiger partial charge in [-0.15, -0.1) is 11.3 Å². The van der Waals surface area contributed by atoms with Gasteiger partial charge in [0.05, 0.1) is 33.1 Å². The highest BCUT2D eigenvalue weighted by Crippen LogP contribution is 2.53. The molecule has 0 saturated carbocycles. The molecule has 77 heavy (non-hydrogen) atoms. The Hall–Kier alpha value is -9.94. The van der Waals surface area contributed by atoms with Gasteiger partial charge in [-0.3, -0.25) is 0 Å². The molecule has 4 nitrogen and oxygen atoms in total. The number of rotatable bonds is 6. The second kappa shape index (κ2) is 15.3. The topological polar surface area (TPSA) is 18.0 Å². The molecule has 0 saturated heterocycles. The fourth-order valence-corrected chi connectivity index (χ4v) is 14.8. The monoisotopic (exact) mass is 994 g/mol. The van der Waals surface area contributed by atoms with Crippen LogP contribution in [0.1, 0.15) is 0 Å². The summed E-state index contributed by atoms with van der Waals surface area (Å²) in [6.45, 7) is 0. The molecule has 13 aromatic carbocycles. The third kappa shape index (κ3) is 5.60. The quantitative estimate of drug-likeness (QED) is 0.152. The summed E-state index contributed by atoms with van der Waals surface area (Å²) in [6, 6.07) is 95.1. The lowest BCUT2D eigenvalue weighted by molar-refractivity contribution is 1.14. The molecule has 1 aliphatic carbocycles. The molecule has 0 radical (unpaired) electrons. The average molecular weight is 995 g/mol. The smallest absolute Gasteiger partial charge is 0.0795 e. The fourth-order valence-electron chi connectivity index (χ4n) is 13.7.